The van der Waals surface area contributed by atoms with Crippen LogP contribution in [0.1, 0.15) is 52.4 Å². The second-order valence-corrected chi connectivity index (χ2v) is 4.84. The van der Waals surface area contributed by atoms with Crippen molar-refractivity contribution in [1.29, 1.82) is 0 Å². The summed E-state index contributed by atoms with van der Waals surface area (Å²) in [6, 6.07) is 0. The molecule has 2 N–H and O–H groups in total. The molecule has 0 rings (SSSR count). The quantitative estimate of drug-likeness (QED) is 0.437. The lowest BCUT2D eigenvalue weighted by atomic mass is 9.96. The monoisotopic (exact) mass is 304 g/mol. The van der Waals surface area contributed by atoms with Gasteiger partial charge in [-0.25, -0.2) is 4.79 Å². The molecule has 0 saturated carbocycles. The molecule has 0 aliphatic heterocycles. The van der Waals surface area contributed by atoms with E-state index in [4.69, 9.17) is 14.6 Å². The average Bonchev–Trinajstić information content (AvgIpc) is 2.38. The van der Waals surface area contributed by atoms with Crippen molar-refractivity contribution in [3.8, 4) is 0 Å². The number of carbonyl (C=O) groups is 3. The summed E-state index contributed by atoms with van der Waals surface area (Å²) in [5, 5.41) is 18.9. The number of carboxylic acid groups (broad SMARTS) is 1. The van der Waals surface area contributed by atoms with Crippen molar-refractivity contribution in [1.82, 2.24) is 0 Å². The number of rotatable bonds is 11. The predicted octanol–water partition coefficient (Wildman–Crippen LogP) is 1.27. The van der Waals surface area contributed by atoms with Crippen LogP contribution in [-0.4, -0.2) is 46.9 Å². The summed E-state index contributed by atoms with van der Waals surface area (Å²) in [4.78, 5) is 34.1. The van der Waals surface area contributed by atoms with Crippen molar-refractivity contribution in [2.45, 2.75) is 58.0 Å². The van der Waals surface area contributed by atoms with Crippen LogP contribution in [0.3, 0.4) is 0 Å². The maximum atomic E-state index is 11.5. The molecule has 7 heteroatoms. The third-order valence-electron chi connectivity index (χ3n) is 2.79. The standard InChI is InChI=1S/C14H24O7/c1-3-5-7-20-11(15)9-14(19,13(17)18)10-12(16)21-8-6-4-2/h19H,3-10H2,1-2H3,(H,17,18). The predicted molar refractivity (Wildman–Crippen MR) is 73.6 cm³/mol. The number of esters is 2. The number of aliphatic carboxylic acids is 1. The lowest BCUT2D eigenvalue weighted by Crippen LogP contribution is -2.43. The van der Waals surface area contributed by atoms with E-state index in [1.165, 1.54) is 0 Å². The minimum Gasteiger partial charge on any atom is -0.479 e. The summed E-state index contributed by atoms with van der Waals surface area (Å²) in [6.45, 7) is 4.14. The molecule has 0 amide bonds. The van der Waals surface area contributed by atoms with Crippen LogP contribution in [0.4, 0.5) is 0 Å². The minimum atomic E-state index is -2.49. The van der Waals surface area contributed by atoms with E-state index in [0.29, 0.717) is 12.8 Å². The van der Waals surface area contributed by atoms with Gasteiger partial charge >= 0.3 is 17.9 Å². The molecule has 0 unspecified atom stereocenters. The van der Waals surface area contributed by atoms with E-state index in [1.807, 2.05) is 13.8 Å². The zero-order valence-corrected chi connectivity index (χ0v) is 12.6. The fraction of sp³-hybridized carbons (Fsp3) is 0.786. The topological polar surface area (TPSA) is 110 Å². The Morgan fingerprint density at radius 2 is 1.29 bits per heavy atom. The minimum absolute atomic E-state index is 0.159. The van der Waals surface area contributed by atoms with Crippen molar-refractivity contribution >= 4 is 17.9 Å². The highest BCUT2D eigenvalue weighted by Gasteiger charge is 2.41. The molecule has 0 aromatic heterocycles. The molecule has 122 valence electrons. The van der Waals surface area contributed by atoms with Crippen LogP contribution in [0.15, 0.2) is 0 Å². The van der Waals surface area contributed by atoms with Gasteiger partial charge in [-0.05, 0) is 12.8 Å². The number of carboxylic acids is 1. The Bertz CT molecular complexity index is 327. The third kappa shape index (κ3) is 8.29. The van der Waals surface area contributed by atoms with Crippen LogP contribution >= 0.6 is 0 Å². The van der Waals surface area contributed by atoms with Gasteiger partial charge in [-0.1, -0.05) is 26.7 Å². The van der Waals surface area contributed by atoms with Crippen molar-refractivity contribution < 1.29 is 34.1 Å². The highest BCUT2D eigenvalue weighted by Crippen LogP contribution is 2.18. The van der Waals surface area contributed by atoms with Gasteiger partial charge in [0.05, 0.1) is 26.1 Å². The molecule has 21 heavy (non-hydrogen) atoms. The lowest BCUT2D eigenvalue weighted by Gasteiger charge is -2.21. The molecule has 0 saturated heterocycles. The molecule has 0 aromatic rings. The van der Waals surface area contributed by atoms with Gasteiger partial charge in [0.15, 0.2) is 5.60 Å². The summed E-state index contributed by atoms with van der Waals surface area (Å²) < 4.78 is 9.59. The highest BCUT2D eigenvalue weighted by molar-refractivity contribution is 5.88. The van der Waals surface area contributed by atoms with Gasteiger partial charge in [-0.15, -0.1) is 0 Å². The second-order valence-electron chi connectivity index (χ2n) is 4.84. The fourth-order valence-electron chi connectivity index (χ4n) is 1.45. The van der Waals surface area contributed by atoms with Crippen LogP contribution < -0.4 is 0 Å². The summed E-state index contributed by atoms with van der Waals surface area (Å²) in [6.07, 6.45) is 1.37. The number of unbranched alkanes of at least 4 members (excludes halogenated alkanes) is 2. The van der Waals surface area contributed by atoms with Crippen molar-refractivity contribution in [3.63, 3.8) is 0 Å². The van der Waals surface area contributed by atoms with E-state index in [0.717, 1.165) is 12.8 Å². The molecule has 0 spiro atoms. The molecule has 0 heterocycles. The lowest BCUT2D eigenvalue weighted by molar-refractivity contribution is -0.173. The van der Waals surface area contributed by atoms with Crippen LogP contribution in [-0.2, 0) is 23.9 Å². The Hall–Kier alpha value is -1.63. The van der Waals surface area contributed by atoms with Gasteiger partial charge in [-0.3, -0.25) is 9.59 Å². The maximum absolute atomic E-state index is 11.5. The first-order chi connectivity index (χ1) is 9.85. The van der Waals surface area contributed by atoms with E-state index in [9.17, 15) is 19.5 Å². The fourth-order valence-corrected chi connectivity index (χ4v) is 1.45. The average molecular weight is 304 g/mol. The van der Waals surface area contributed by atoms with E-state index >= 15 is 0 Å². The SMILES string of the molecule is CCCCOC(=O)CC(O)(CC(=O)OCCCC)C(=O)O. The normalized spacial score (nSPS) is 11.0. The van der Waals surface area contributed by atoms with E-state index in [-0.39, 0.29) is 13.2 Å². The van der Waals surface area contributed by atoms with E-state index < -0.39 is 36.4 Å². The van der Waals surface area contributed by atoms with Crippen LogP contribution in [0.2, 0.25) is 0 Å². The summed E-state index contributed by atoms with van der Waals surface area (Å²) in [5.74, 6) is -3.35. The number of ether oxygens (including phenoxy) is 2. The smallest absolute Gasteiger partial charge is 0.336 e. The first-order valence-corrected chi connectivity index (χ1v) is 7.12. The molecule has 0 aliphatic rings. The van der Waals surface area contributed by atoms with Crippen molar-refractivity contribution in [3.05, 3.63) is 0 Å². The molecule has 0 bridgehead atoms. The number of aliphatic hydroxyl groups is 1. The van der Waals surface area contributed by atoms with Crippen LogP contribution in [0.5, 0.6) is 0 Å². The third-order valence-corrected chi connectivity index (χ3v) is 2.79. The highest BCUT2D eigenvalue weighted by atomic mass is 16.5. The second kappa shape index (κ2) is 10.1. The largest absolute Gasteiger partial charge is 0.479 e. The number of hydrogen-bond acceptors (Lipinski definition) is 6. The zero-order chi connectivity index (χ0) is 16.3. The molecule has 7 nitrogen and oxygen atoms in total. The Morgan fingerprint density at radius 3 is 1.57 bits per heavy atom. The first kappa shape index (κ1) is 19.4. The van der Waals surface area contributed by atoms with Gasteiger partial charge in [0.2, 0.25) is 0 Å². The van der Waals surface area contributed by atoms with Gasteiger partial charge in [0.1, 0.15) is 0 Å². The molecular weight excluding hydrogens is 280 g/mol. The summed E-state index contributed by atoms with van der Waals surface area (Å²) >= 11 is 0. The molecule has 0 radical (unpaired) electrons. The van der Waals surface area contributed by atoms with Gasteiger partial charge in [-0.2, -0.15) is 0 Å². The summed E-state index contributed by atoms with van der Waals surface area (Å²) in [5.41, 5.74) is -2.49. The van der Waals surface area contributed by atoms with Crippen LogP contribution in [0, 0.1) is 0 Å². The van der Waals surface area contributed by atoms with E-state index in [2.05, 4.69) is 0 Å². The number of hydrogen-bond donors (Lipinski definition) is 2. The Labute approximate surface area is 124 Å². The summed E-state index contributed by atoms with van der Waals surface area (Å²) in [7, 11) is 0. The molecule has 0 aliphatic carbocycles. The molecule has 0 fully saturated rings. The maximum Gasteiger partial charge on any atom is 0.336 e. The molecule has 0 atom stereocenters. The van der Waals surface area contributed by atoms with Crippen LogP contribution in [0.25, 0.3) is 0 Å². The van der Waals surface area contributed by atoms with Gasteiger partial charge in [0.25, 0.3) is 0 Å². The number of carbonyl (C=O) groups excluding carboxylic acids is 2. The van der Waals surface area contributed by atoms with E-state index in [1.54, 1.807) is 0 Å². The van der Waals surface area contributed by atoms with Gasteiger partial charge in [0, 0.05) is 0 Å². The van der Waals surface area contributed by atoms with Crippen molar-refractivity contribution in [2.24, 2.45) is 0 Å². The van der Waals surface area contributed by atoms with Crippen molar-refractivity contribution in [2.75, 3.05) is 13.2 Å². The first-order valence-electron chi connectivity index (χ1n) is 7.12. The Balaban J connectivity index is 4.44. The Morgan fingerprint density at radius 1 is 0.905 bits per heavy atom. The molecular formula is C14H24O7. The Kier molecular flexibility index (Phi) is 9.36. The molecule has 0 aromatic carbocycles. The van der Waals surface area contributed by atoms with Gasteiger partial charge < -0.3 is 19.7 Å². The zero-order valence-electron chi connectivity index (χ0n) is 12.6.